The first-order valence-corrected chi connectivity index (χ1v) is 10.1. The van der Waals surface area contributed by atoms with Crippen molar-refractivity contribution in [3.05, 3.63) is 83.3 Å². The zero-order chi connectivity index (χ0) is 23.0. The number of amides is 1. The van der Waals surface area contributed by atoms with Gasteiger partial charge in [-0.3, -0.25) is 14.5 Å². The predicted molar refractivity (Wildman–Crippen MR) is 122 cm³/mol. The molecule has 2 heterocycles. The van der Waals surface area contributed by atoms with Gasteiger partial charge in [0.25, 0.3) is 11.7 Å². The van der Waals surface area contributed by atoms with Crippen LogP contribution < -0.4 is 14.5 Å². The molecule has 2 aromatic carbocycles. The van der Waals surface area contributed by atoms with Crippen molar-refractivity contribution >= 4 is 28.8 Å². The summed E-state index contributed by atoms with van der Waals surface area (Å²) in [6, 6.07) is 14.8. The third-order valence-corrected chi connectivity index (χ3v) is 5.57. The minimum Gasteiger partial charge on any atom is -0.507 e. The molecule has 164 valence electrons. The lowest BCUT2D eigenvalue weighted by atomic mass is 9.98. The van der Waals surface area contributed by atoms with Gasteiger partial charge in [0.1, 0.15) is 23.3 Å². The number of aryl methyl sites for hydroxylation is 1. The Hall–Kier alpha value is -4.00. The smallest absolute Gasteiger partial charge is 0.300 e. The SMILES string of the molecule is COc1ccc(/C(O)=C2/C(=O)C(=O)N(c3ccc(N(C)C)cc3)C2c2ccco2)cc1C. The molecule has 0 spiro atoms. The van der Waals surface area contributed by atoms with Crippen LogP contribution >= 0.6 is 0 Å². The molecule has 1 unspecified atom stereocenters. The minimum atomic E-state index is -0.891. The van der Waals surface area contributed by atoms with E-state index in [1.54, 1.807) is 49.6 Å². The van der Waals surface area contributed by atoms with Gasteiger partial charge in [0.15, 0.2) is 0 Å². The number of hydrogen-bond donors (Lipinski definition) is 1. The molecule has 1 saturated heterocycles. The molecule has 1 atom stereocenters. The second-order valence-electron chi connectivity index (χ2n) is 7.78. The number of furan rings is 1. The van der Waals surface area contributed by atoms with Crippen molar-refractivity contribution in [2.45, 2.75) is 13.0 Å². The fourth-order valence-corrected chi connectivity index (χ4v) is 3.91. The Kier molecular flexibility index (Phi) is 5.48. The highest BCUT2D eigenvalue weighted by atomic mass is 16.5. The van der Waals surface area contributed by atoms with E-state index in [1.165, 1.54) is 11.2 Å². The highest BCUT2D eigenvalue weighted by molar-refractivity contribution is 6.51. The number of hydrogen-bond acceptors (Lipinski definition) is 6. The summed E-state index contributed by atoms with van der Waals surface area (Å²) in [5, 5.41) is 11.1. The molecule has 7 nitrogen and oxygen atoms in total. The predicted octanol–water partition coefficient (Wildman–Crippen LogP) is 4.29. The van der Waals surface area contributed by atoms with E-state index in [2.05, 4.69) is 0 Å². The van der Waals surface area contributed by atoms with Gasteiger partial charge in [0.2, 0.25) is 0 Å². The summed E-state index contributed by atoms with van der Waals surface area (Å²) in [6.45, 7) is 1.84. The molecule has 1 aromatic heterocycles. The number of carbonyl (C=O) groups is 2. The quantitative estimate of drug-likeness (QED) is 0.368. The maximum absolute atomic E-state index is 13.1. The Labute approximate surface area is 186 Å². The number of Topliss-reactive ketones (excluding diaryl/α,β-unsaturated/α-hetero) is 1. The van der Waals surface area contributed by atoms with Gasteiger partial charge in [-0.25, -0.2) is 0 Å². The first kappa shape index (κ1) is 21.2. The van der Waals surface area contributed by atoms with Gasteiger partial charge in [-0.15, -0.1) is 0 Å². The zero-order valence-corrected chi connectivity index (χ0v) is 18.3. The molecule has 0 bridgehead atoms. The highest BCUT2D eigenvalue weighted by Crippen LogP contribution is 2.42. The van der Waals surface area contributed by atoms with Crippen LogP contribution in [0.15, 0.2) is 70.9 Å². The van der Waals surface area contributed by atoms with Crippen LogP contribution in [0.5, 0.6) is 5.75 Å². The van der Waals surface area contributed by atoms with E-state index in [0.717, 1.165) is 11.3 Å². The van der Waals surface area contributed by atoms with Crippen LogP contribution in [-0.4, -0.2) is 38.0 Å². The Morgan fingerprint density at radius 2 is 1.81 bits per heavy atom. The molecule has 1 aliphatic rings. The largest absolute Gasteiger partial charge is 0.507 e. The summed E-state index contributed by atoms with van der Waals surface area (Å²) in [6.07, 6.45) is 1.47. The lowest BCUT2D eigenvalue weighted by molar-refractivity contribution is -0.132. The molecule has 0 aliphatic carbocycles. The van der Waals surface area contributed by atoms with Crippen LogP contribution in [0.3, 0.4) is 0 Å². The standard InChI is InChI=1S/C25H24N2O5/c1-15-14-16(7-12-19(15)31-4)23(28)21-22(20-6-5-13-32-20)27(25(30)24(21)29)18-10-8-17(9-11-18)26(2)3/h5-14,22,28H,1-4H3/b23-21-. The Morgan fingerprint density at radius 3 is 2.38 bits per heavy atom. The summed E-state index contributed by atoms with van der Waals surface area (Å²) >= 11 is 0. The zero-order valence-electron chi connectivity index (χ0n) is 18.3. The van der Waals surface area contributed by atoms with E-state index in [-0.39, 0.29) is 11.3 Å². The van der Waals surface area contributed by atoms with Crippen molar-refractivity contribution in [2.24, 2.45) is 0 Å². The van der Waals surface area contributed by atoms with Gasteiger partial charge < -0.3 is 19.2 Å². The van der Waals surface area contributed by atoms with Crippen LogP contribution in [0.25, 0.3) is 5.76 Å². The maximum Gasteiger partial charge on any atom is 0.300 e. The summed E-state index contributed by atoms with van der Waals surface area (Å²) < 4.78 is 10.9. The molecule has 32 heavy (non-hydrogen) atoms. The van der Waals surface area contributed by atoms with Crippen molar-refractivity contribution in [1.82, 2.24) is 0 Å². The van der Waals surface area contributed by atoms with Gasteiger partial charge in [-0.1, -0.05) is 0 Å². The number of ether oxygens (including phenoxy) is 1. The Bertz CT molecular complexity index is 1190. The third kappa shape index (κ3) is 3.51. The minimum absolute atomic E-state index is 0.0220. The number of rotatable bonds is 5. The molecule has 1 fully saturated rings. The number of anilines is 2. The number of ketones is 1. The average Bonchev–Trinajstić information content (AvgIpc) is 3.40. The molecule has 3 aromatic rings. The molecular formula is C25H24N2O5. The van der Waals surface area contributed by atoms with Crippen LogP contribution in [0.2, 0.25) is 0 Å². The van der Waals surface area contributed by atoms with Crippen LogP contribution in [0, 0.1) is 6.92 Å². The summed E-state index contributed by atoms with van der Waals surface area (Å²) in [5.41, 5.74) is 2.67. The highest BCUT2D eigenvalue weighted by Gasteiger charge is 2.48. The summed E-state index contributed by atoms with van der Waals surface area (Å²) in [7, 11) is 5.40. The van der Waals surface area contributed by atoms with Crippen LogP contribution in [-0.2, 0) is 9.59 Å². The van der Waals surface area contributed by atoms with Crippen molar-refractivity contribution in [1.29, 1.82) is 0 Å². The number of benzene rings is 2. The van der Waals surface area contributed by atoms with Crippen molar-refractivity contribution in [2.75, 3.05) is 31.0 Å². The maximum atomic E-state index is 13.1. The lowest BCUT2D eigenvalue weighted by Gasteiger charge is -2.24. The summed E-state index contributed by atoms with van der Waals surface area (Å²) in [5.74, 6) is -0.717. The van der Waals surface area contributed by atoms with E-state index in [9.17, 15) is 14.7 Å². The average molecular weight is 432 g/mol. The van der Waals surface area contributed by atoms with Gasteiger partial charge in [0, 0.05) is 31.0 Å². The molecule has 4 rings (SSSR count). The fourth-order valence-electron chi connectivity index (χ4n) is 3.91. The first-order chi connectivity index (χ1) is 15.3. The number of aliphatic hydroxyl groups is 1. The number of methoxy groups -OCH3 is 1. The normalized spacial score (nSPS) is 17.6. The molecule has 0 saturated carbocycles. The fraction of sp³-hybridized carbons (Fsp3) is 0.200. The molecule has 0 radical (unpaired) electrons. The van der Waals surface area contributed by atoms with Gasteiger partial charge in [-0.2, -0.15) is 0 Å². The number of aliphatic hydroxyl groups excluding tert-OH is 1. The van der Waals surface area contributed by atoms with E-state index < -0.39 is 17.7 Å². The number of nitrogens with zero attached hydrogens (tertiary/aromatic N) is 2. The van der Waals surface area contributed by atoms with Gasteiger partial charge in [0.05, 0.1) is 18.9 Å². The summed E-state index contributed by atoms with van der Waals surface area (Å²) in [4.78, 5) is 29.5. The van der Waals surface area contributed by atoms with Gasteiger partial charge in [-0.05, 0) is 67.1 Å². The second kappa shape index (κ2) is 8.26. The van der Waals surface area contributed by atoms with Crippen molar-refractivity contribution in [3.8, 4) is 5.75 Å². The molecule has 1 aliphatic heterocycles. The molecule has 1 amide bonds. The van der Waals surface area contributed by atoms with Crippen molar-refractivity contribution < 1.29 is 23.8 Å². The topological polar surface area (TPSA) is 83.2 Å². The Balaban J connectivity index is 1.87. The van der Waals surface area contributed by atoms with Crippen molar-refractivity contribution in [3.63, 3.8) is 0 Å². The number of carbonyl (C=O) groups excluding carboxylic acids is 2. The van der Waals surface area contributed by atoms with Crippen LogP contribution in [0.4, 0.5) is 11.4 Å². The second-order valence-corrected chi connectivity index (χ2v) is 7.78. The Morgan fingerprint density at radius 1 is 1.09 bits per heavy atom. The van der Waals surface area contributed by atoms with E-state index in [0.29, 0.717) is 22.8 Å². The van der Waals surface area contributed by atoms with E-state index >= 15 is 0 Å². The van der Waals surface area contributed by atoms with Gasteiger partial charge >= 0.3 is 0 Å². The first-order valence-electron chi connectivity index (χ1n) is 10.1. The lowest BCUT2D eigenvalue weighted by Crippen LogP contribution is -2.29. The van der Waals surface area contributed by atoms with E-state index in [1.807, 2.05) is 38.1 Å². The third-order valence-electron chi connectivity index (χ3n) is 5.57. The molecular weight excluding hydrogens is 408 g/mol. The van der Waals surface area contributed by atoms with Crippen LogP contribution in [0.1, 0.15) is 22.9 Å². The monoisotopic (exact) mass is 432 g/mol. The van der Waals surface area contributed by atoms with E-state index in [4.69, 9.17) is 9.15 Å². The molecule has 7 heteroatoms. The molecule has 1 N–H and O–H groups in total.